The van der Waals surface area contributed by atoms with Crippen LogP contribution in [0, 0.1) is 30.5 Å². The number of allylic oxidation sites excluding steroid dienone is 5. The Morgan fingerprint density at radius 2 is 1.90 bits per heavy atom. The number of hydrogen-bond donors (Lipinski definition) is 5. The van der Waals surface area contributed by atoms with Gasteiger partial charge in [0.1, 0.15) is 17.3 Å². The standard InChI is InChI=1S/C31H33FN4O4/c1-14-22(35-31(40)34-20-8-6-7-19(32)12-20)13-23(36(4)5)21-10-17-9-18-11-24(37)27(16(3)33)30(39)28(18)29(38)26(17)15(2)25(14)21/h6-8,12-13,17-18,28,37-38H,2-3,9-11,33H2,1,4-5H3,(H2,34,35,40). The molecule has 2 aromatic carbocycles. The lowest BCUT2D eigenvalue weighted by Crippen LogP contribution is -2.40. The summed E-state index contributed by atoms with van der Waals surface area (Å²) < 4.78 is 13.6. The van der Waals surface area contributed by atoms with Crippen molar-refractivity contribution in [2.45, 2.75) is 26.2 Å². The van der Waals surface area contributed by atoms with Crippen molar-refractivity contribution in [1.29, 1.82) is 0 Å². The van der Waals surface area contributed by atoms with Crippen molar-refractivity contribution < 1.29 is 24.2 Å². The third-order valence-electron chi connectivity index (χ3n) is 8.19. The SMILES string of the molecule is C=C(N)C1=C(O)CC2CC3Cc4c(N(C)C)cc(NC(=O)Nc5cccc(F)c5)c(C)c4C(=C)C3=C(O)C2C1=O. The fraction of sp³-hybridized carbons (Fsp3) is 0.290. The van der Waals surface area contributed by atoms with Gasteiger partial charge in [0.05, 0.1) is 11.5 Å². The molecule has 9 heteroatoms. The summed E-state index contributed by atoms with van der Waals surface area (Å²) in [5.74, 6) is -2.21. The minimum atomic E-state index is -0.831. The first-order chi connectivity index (χ1) is 18.9. The number of carbonyl (C=O) groups is 2. The first-order valence-electron chi connectivity index (χ1n) is 13.1. The summed E-state index contributed by atoms with van der Waals surface area (Å²) in [5, 5.41) is 27.6. The fourth-order valence-corrected chi connectivity index (χ4v) is 6.53. The van der Waals surface area contributed by atoms with E-state index in [1.54, 1.807) is 6.07 Å². The lowest BCUT2D eigenvalue weighted by molar-refractivity contribution is -0.122. The van der Waals surface area contributed by atoms with Gasteiger partial charge < -0.3 is 31.5 Å². The third kappa shape index (κ3) is 4.41. The Hall–Kier alpha value is -4.53. The molecule has 3 aliphatic rings. The molecule has 0 aromatic heterocycles. The van der Waals surface area contributed by atoms with Crippen molar-refractivity contribution in [2.24, 2.45) is 23.5 Å². The van der Waals surface area contributed by atoms with Crippen LogP contribution in [0.25, 0.3) is 5.57 Å². The maximum Gasteiger partial charge on any atom is 0.323 e. The summed E-state index contributed by atoms with van der Waals surface area (Å²) in [7, 11) is 3.82. The lowest BCUT2D eigenvalue weighted by Gasteiger charge is -2.43. The van der Waals surface area contributed by atoms with E-state index in [4.69, 9.17) is 5.73 Å². The lowest BCUT2D eigenvalue weighted by atomic mass is 9.61. The van der Waals surface area contributed by atoms with E-state index in [-0.39, 0.29) is 41.0 Å². The van der Waals surface area contributed by atoms with Crippen molar-refractivity contribution in [3.05, 3.63) is 94.4 Å². The number of aliphatic hydroxyl groups excluding tert-OH is 2. The molecule has 0 saturated heterocycles. The number of aliphatic hydroxyl groups is 2. The van der Waals surface area contributed by atoms with Crippen LogP contribution in [-0.2, 0) is 11.2 Å². The van der Waals surface area contributed by atoms with E-state index >= 15 is 0 Å². The van der Waals surface area contributed by atoms with Gasteiger partial charge in [0, 0.05) is 48.8 Å². The van der Waals surface area contributed by atoms with Crippen molar-refractivity contribution in [2.75, 3.05) is 29.6 Å². The van der Waals surface area contributed by atoms with Crippen molar-refractivity contribution in [1.82, 2.24) is 0 Å². The van der Waals surface area contributed by atoms with E-state index in [1.807, 2.05) is 32.0 Å². The molecule has 5 rings (SSSR count). The molecule has 0 fully saturated rings. The maximum absolute atomic E-state index is 13.6. The average molecular weight is 545 g/mol. The number of anilines is 3. The zero-order chi connectivity index (χ0) is 29.0. The monoisotopic (exact) mass is 544 g/mol. The summed E-state index contributed by atoms with van der Waals surface area (Å²) in [4.78, 5) is 28.1. The van der Waals surface area contributed by atoms with Gasteiger partial charge in [0.25, 0.3) is 0 Å². The summed E-state index contributed by atoms with van der Waals surface area (Å²) in [5.41, 5.74) is 11.3. The van der Waals surface area contributed by atoms with Gasteiger partial charge in [-0.15, -0.1) is 0 Å². The minimum Gasteiger partial charge on any atom is -0.511 e. The molecule has 3 atom stereocenters. The molecule has 2 amide bonds. The summed E-state index contributed by atoms with van der Waals surface area (Å²) in [6.07, 6.45) is 1.42. The maximum atomic E-state index is 13.6. The van der Waals surface area contributed by atoms with Crippen molar-refractivity contribution >= 4 is 34.4 Å². The van der Waals surface area contributed by atoms with Gasteiger partial charge in [-0.2, -0.15) is 0 Å². The second-order valence-corrected chi connectivity index (χ2v) is 11.0. The third-order valence-corrected chi connectivity index (χ3v) is 8.19. The Labute approximate surface area is 232 Å². The number of carbonyl (C=O) groups excluding carboxylic acids is 2. The molecule has 0 spiro atoms. The van der Waals surface area contributed by atoms with Crippen LogP contribution in [0.2, 0.25) is 0 Å². The van der Waals surface area contributed by atoms with E-state index in [9.17, 15) is 24.2 Å². The number of fused-ring (bicyclic) bond motifs is 3. The second-order valence-electron chi connectivity index (χ2n) is 11.0. The highest BCUT2D eigenvalue weighted by Crippen LogP contribution is 2.54. The molecule has 0 bridgehead atoms. The molecule has 3 unspecified atom stereocenters. The number of rotatable bonds is 4. The molecule has 208 valence electrons. The van der Waals surface area contributed by atoms with Crippen LogP contribution in [-0.4, -0.2) is 36.1 Å². The van der Waals surface area contributed by atoms with E-state index in [0.29, 0.717) is 35.4 Å². The summed E-state index contributed by atoms with van der Waals surface area (Å²) in [6.45, 7) is 9.86. The minimum absolute atomic E-state index is 0.0180. The average Bonchev–Trinajstić information content (AvgIpc) is 2.84. The number of nitrogens with zero attached hydrogens (tertiary/aromatic N) is 1. The number of nitrogens with two attached hydrogens (primary N) is 1. The van der Waals surface area contributed by atoms with E-state index in [2.05, 4.69) is 23.8 Å². The largest absolute Gasteiger partial charge is 0.511 e. The van der Waals surface area contributed by atoms with E-state index < -0.39 is 23.5 Å². The highest BCUT2D eigenvalue weighted by Gasteiger charge is 2.48. The molecule has 6 N–H and O–H groups in total. The number of Topliss-reactive ketones (excluding diaryl/α,β-unsaturated/α-hetero) is 1. The van der Waals surface area contributed by atoms with Gasteiger partial charge >= 0.3 is 6.03 Å². The number of benzene rings is 2. The summed E-state index contributed by atoms with van der Waals surface area (Å²) >= 11 is 0. The van der Waals surface area contributed by atoms with Crippen LogP contribution in [0.5, 0.6) is 0 Å². The van der Waals surface area contributed by atoms with Crippen LogP contribution < -0.4 is 21.3 Å². The highest BCUT2D eigenvalue weighted by molar-refractivity contribution is 6.05. The zero-order valence-corrected chi connectivity index (χ0v) is 22.8. The normalized spacial score (nSPS) is 21.9. The predicted octanol–water partition coefficient (Wildman–Crippen LogP) is 5.74. The number of urea groups is 1. The molecule has 0 radical (unpaired) electrons. The van der Waals surface area contributed by atoms with Gasteiger partial charge in [-0.25, -0.2) is 9.18 Å². The topological polar surface area (TPSA) is 128 Å². The van der Waals surface area contributed by atoms with Gasteiger partial charge in [-0.05, 0) is 78.1 Å². The number of nitrogens with one attached hydrogen (secondary N) is 2. The Morgan fingerprint density at radius 3 is 2.55 bits per heavy atom. The van der Waals surface area contributed by atoms with Crippen LogP contribution >= 0.6 is 0 Å². The summed E-state index contributed by atoms with van der Waals surface area (Å²) in [6, 6.07) is 6.98. The van der Waals surface area contributed by atoms with Crippen molar-refractivity contribution in [3.63, 3.8) is 0 Å². The van der Waals surface area contributed by atoms with Crippen LogP contribution in [0.1, 0.15) is 29.5 Å². The molecule has 0 heterocycles. The van der Waals surface area contributed by atoms with Crippen LogP contribution in [0.4, 0.5) is 26.2 Å². The van der Waals surface area contributed by atoms with Crippen molar-refractivity contribution in [3.8, 4) is 0 Å². The number of ketones is 1. The van der Waals surface area contributed by atoms with E-state index in [0.717, 1.165) is 22.4 Å². The van der Waals surface area contributed by atoms with Gasteiger partial charge in [-0.3, -0.25) is 4.79 Å². The zero-order valence-electron chi connectivity index (χ0n) is 22.8. The second kappa shape index (κ2) is 9.89. The van der Waals surface area contributed by atoms with Crippen LogP contribution in [0.3, 0.4) is 0 Å². The molecule has 3 aliphatic carbocycles. The van der Waals surface area contributed by atoms with Gasteiger partial charge in [0.2, 0.25) is 0 Å². The molecule has 40 heavy (non-hydrogen) atoms. The predicted molar refractivity (Wildman–Crippen MR) is 155 cm³/mol. The Morgan fingerprint density at radius 1 is 1.18 bits per heavy atom. The van der Waals surface area contributed by atoms with Crippen LogP contribution in [0.15, 0.2) is 71.9 Å². The molecular weight excluding hydrogens is 511 g/mol. The Balaban J connectivity index is 1.55. The Bertz CT molecular complexity index is 1550. The fourth-order valence-electron chi connectivity index (χ4n) is 6.53. The molecule has 8 nitrogen and oxygen atoms in total. The number of hydrogen-bond acceptors (Lipinski definition) is 6. The first kappa shape index (κ1) is 27.1. The quantitative estimate of drug-likeness (QED) is 0.334. The smallest absolute Gasteiger partial charge is 0.323 e. The number of amides is 2. The Kier molecular flexibility index (Phi) is 6.69. The molecule has 2 aromatic rings. The van der Waals surface area contributed by atoms with Gasteiger partial charge in [-0.1, -0.05) is 19.2 Å². The number of halogens is 1. The van der Waals surface area contributed by atoms with Gasteiger partial charge in [0.15, 0.2) is 5.78 Å². The van der Waals surface area contributed by atoms with E-state index in [1.165, 1.54) is 18.2 Å². The first-order valence-corrected chi connectivity index (χ1v) is 13.1. The molecule has 0 aliphatic heterocycles. The molecular formula is C31H33FN4O4. The highest BCUT2D eigenvalue weighted by atomic mass is 19.1. The molecule has 0 saturated carbocycles.